The van der Waals surface area contributed by atoms with Gasteiger partial charge in [-0.15, -0.1) is 0 Å². The predicted molar refractivity (Wildman–Crippen MR) is 82.3 cm³/mol. The standard InChI is InChI=1S/C17H23NO2/c1-16(2,3)10-8-11(17(4,5)6)13-12(9-10)18-15(20-7)14(13)19/h8-9H,1-7H3. The van der Waals surface area contributed by atoms with E-state index in [-0.39, 0.29) is 22.5 Å². The normalized spacial score (nSPS) is 15.2. The van der Waals surface area contributed by atoms with E-state index in [1.54, 1.807) is 0 Å². The molecule has 0 radical (unpaired) electrons. The Morgan fingerprint density at radius 3 is 2.05 bits per heavy atom. The summed E-state index contributed by atoms with van der Waals surface area (Å²) in [7, 11) is 1.49. The fraction of sp³-hybridized carbons (Fsp3) is 0.529. The maximum atomic E-state index is 12.4. The van der Waals surface area contributed by atoms with Crippen LogP contribution in [0.2, 0.25) is 0 Å². The molecule has 0 aliphatic carbocycles. The van der Waals surface area contributed by atoms with E-state index in [1.165, 1.54) is 12.7 Å². The van der Waals surface area contributed by atoms with Gasteiger partial charge in [-0.2, -0.15) is 0 Å². The van der Waals surface area contributed by atoms with Crippen LogP contribution < -0.4 is 0 Å². The number of benzene rings is 1. The quantitative estimate of drug-likeness (QED) is 0.712. The van der Waals surface area contributed by atoms with Crippen molar-refractivity contribution in [1.82, 2.24) is 0 Å². The number of rotatable bonds is 0. The Morgan fingerprint density at radius 1 is 1.00 bits per heavy atom. The molecule has 0 fully saturated rings. The van der Waals surface area contributed by atoms with Crippen molar-refractivity contribution in [2.45, 2.75) is 52.4 Å². The first-order chi connectivity index (χ1) is 9.05. The third-order valence-electron chi connectivity index (χ3n) is 3.63. The van der Waals surface area contributed by atoms with Crippen LogP contribution in [0.5, 0.6) is 0 Å². The molecule has 1 aliphatic rings. The van der Waals surface area contributed by atoms with Gasteiger partial charge in [0.2, 0.25) is 5.78 Å². The molecule has 3 heteroatoms. The highest BCUT2D eigenvalue weighted by Crippen LogP contribution is 2.40. The average molecular weight is 273 g/mol. The summed E-state index contributed by atoms with van der Waals surface area (Å²) in [5.41, 5.74) is 3.57. The molecule has 1 aromatic carbocycles. The predicted octanol–water partition coefficient (Wildman–Crippen LogP) is 4.15. The van der Waals surface area contributed by atoms with Crippen molar-refractivity contribution in [3.63, 3.8) is 0 Å². The zero-order chi connectivity index (χ0) is 15.3. The molecule has 20 heavy (non-hydrogen) atoms. The van der Waals surface area contributed by atoms with E-state index < -0.39 is 0 Å². The van der Waals surface area contributed by atoms with Crippen molar-refractivity contribution in [2.24, 2.45) is 4.99 Å². The molecule has 3 nitrogen and oxygen atoms in total. The zero-order valence-electron chi connectivity index (χ0n) is 13.4. The second-order valence-electron chi connectivity index (χ2n) is 7.37. The average Bonchev–Trinajstić information content (AvgIpc) is 2.62. The Balaban J connectivity index is 2.74. The maximum Gasteiger partial charge on any atom is 0.263 e. The summed E-state index contributed by atoms with van der Waals surface area (Å²) in [6, 6.07) is 4.15. The maximum absolute atomic E-state index is 12.4. The summed E-state index contributed by atoms with van der Waals surface area (Å²) in [5.74, 6) is 0.0874. The van der Waals surface area contributed by atoms with Crippen molar-refractivity contribution in [1.29, 1.82) is 0 Å². The highest BCUT2D eigenvalue weighted by atomic mass is 16.5. The SMILES string of the molecule is COC1=Nc2cc(C(C)(C)C)cc(C(C)(C)C)c2C1=O. The third-order valence-corrected chi connectivity index (χ3v) is 3.63. The van der Waals surface area contributed by atoms with E-state index in [0.29, 0.717) is 5.56 Å². The first-order valence-corrected chi connectivity index (χ1v) is 6.92. The topological polar surface area (TPSA) is 38.7 Å². The van der Waals surface area contributed by atoms with Gasteiger partial charge in [-0.3, -0.25) is 4.79 Å². The van der Waals surface area contributed by atoms with Crippen LogP contribution in [-0.4, -0.2) is 18.8 Å². The Hall–Kier alpha value is -1.64. The van der Waals surface area contributed by atoms with Gasteiger partial charge < -0.3 is 4.74 Å². The molecule has 0 N–H and O–H groups in total. The van der Waals surface area contributed by atoms with E-state index in [0.717, 1.165) is 11.3 Å². The molecular formula is C17H23NO2. The van der Waals surface area contributed by atoms with Gasteiger partial charge in [0.15, 0.2) is 0 Å². The van der Waals surface area contributed by atoms with Crippen LogP contribution in [0.4, 0.5) is 5.69 Å². The van der Waals surface area contributed by atoms with Crippen molar-refractivity contribution in [2.75, 3.05) is 7.11 Å². The number of hydrogen-bond donors (Lipinski definition) is 0. The van der Waals surface area contributed by atoms with Crippen LogP contribution in [0, 0.1) is 0 Å². The van der Waals surface area contributed by atoms with Crippen molar-refractivity contribution < 1.29 is 9.53 Å². The number of Topliss-reactive ketones (excluding diaryl/α,β-unsaturated/α-hetero) is 1. The Bertz CT molecular complexity index is 599. The molecule has 0 saturated heterocycles. The van der Waals surface area contributed by atoms with Crippen molar-refractivity contribution in [3.05, 3.63) is 28.8 Å². The first-order valence-electron chi connectivity index (χ1n) is 6.92. The molecule has 1 heterocycles. The summed E-state index contributed by atoms with van der Waals surface area (Å²) in [4.78, 5) is 16.7. The fourth-order valence-electron chi connectivity index (χ4n) is 2.38. The molecular weight excluding hydrogens is 250 g/mol. The summed E-state index contributed by atoms with van der Waals surface area (Å²) in [5, 5.41) is 0. The molecule has 108 valence electrons. The molecule has 1 aromatic rings. The molecule has 0 atom stereocenters. The fourth-order valence-corrected chi connectivity index (χ4v) is 2.38. The molecule has 0 amide bonds. The van der Waals surface area contributed by atoms with Crippen LogP contribution in [0.3, 0.4) is 0 Å². The van der Waals surface area contributed by atoms with Crippen LogP contribution in [0.25, 0.3) is 0 Å². The molecule has 1 aliphatic heterocycles. The van der Waals surface area contributed by atoms with Gasteiger partial charge >= 0.3 is 0 Å². The van der Waals surface area contributed by atoms with Gasteiger partial charge in [0, 0.05) is 0 Å². The number of ketones is 1. The van der Waals surface area contributed by atoms with Crippen LogP contribution in [0.1, 0.15) is 63.0 Å². The third kappa shape index (κ3) is 2.37. The van der Waals surface area contributed by atoms with Gasteiger partial charge in [-0.25, -0.2) is 4.99 Å². The van der Waals surface area contributed by atoms with E-state index in [1.807, 2.05) is 6.07 Å². The lowest BCUT2D eigenvalue weighted by atomic mass is 9.77. The minimum absolute atomic E-state index is 0.0173. The number of aliphatic imine (C=N–C) groups is 1. The number of carbonyl (C=O) groups excluding carboxylic acids is 1. The van der Waals surface area contributed by atoms with Gasteiger partial charge in [-0.05, 0) is 28.0 Å². The smallest absolute Gasteiger partial charge is 0.263 e. The summed E-state index contributed by atoms with van der Waals surface area (Å²) in [6.07, 6.45) is 0. The Morgan fingerprint density at radius 2 is 1.60 bits per heavy atom. The van der Waals surface area contributed by atoms with Crippen LogP contribution in [0.15, 0.2) is 17.1 Å². The lowest BCUT2D eigenvalue weighted by Crippen LogP contribution is -2.21. The number of ether oxygens (including phenoxy) is 1. The molecule has 2 rings (SSSR count). The summed E-state index contributed by atoms with van der Waals surface area (Å²) < 4.78 is 5.10. The van der Waals surface area contributed by atoms with E-state index in [4.69, 9.17) is 4.74 Å². The second-order valence-corrected chi connectivity index (χ2v) is 7.37. The zero-order valence-corrected chi connectivity index (χ0v) is 13.4. The number of nitrogens with zero attached hydrogens (tertiary/aromatic N) is 1. The number of hydrogen-bond acceptors (Lipinski definition) is 3. The Kier molecular flexibility index (Phi) is 3.28. The largest absolute Gasteiger partial charge is 0.478 e. The molecule has 0 aromatic heterocycles. The second kappa shape index (κ2) is 4.44. The van der Waals surface area contributed by atoms with Gasteiger partial charge in [-0.1, -0.05) is 47.6 Å². The van der Waals surface area contributed by atoms with Gasteiger partial charge in [0.1, 0.15) is 0 Å². The molecule has 0 spiro atoms. The minimum atomic E-state index is -0.111. The van der Waals surface area contributed by atoms with Gasteiger partial charge in [0.25, 0.3) is 5.90 Å². The summed E-state index contributed by atoms with van der Waals surface area (Å²) >= 11 is 0. The van der Waals surface area contributed by atoms with Crippen LogP contribution >= 0.6 is 0 Å². The lowest BCUT2D eigenvalue weighted by Gasteiger charge is -2.26. The summed E-state index contributed by atoms with van der Waals surface area (Å²) in [6.45, 7) is 12.9. The highest BCUT2D eigenvalue weighted by molar-refractivity contribution is 6.47. The molecule has 0 bridgehead atoms. The number of carbonyl (C=O) groups is 1. The lowest BCUT2D eigenvalue weighted by molar-refractivity contribution is 0.104. The van der Waals surface area contributed by atoms with Crippen LogP contribution in [-0.2, 0) is 15.6 Å². The molecule has 0 unspecified atom stereocenters. The van der Waals surface area contributed by atoms with E-state index >= 15 is 0 Å². The Labute approximate surface area is 121 Å². The number of methoxy groups -OCH3 is 1. The van der Waals surface area contributed by atoms with E-state index in [9.17, 15) is 4.79 Å². The van der Waals surface area contributed by atoms with Crippen molar-refractivity contribution in [3.8, 4) is 0 Å². The highest BCUT2D eigenvalue weighted by Gasteiger charge is 2.34. The van der Waals surface area contributed by atoms with Crippen molar-refractivity contribution >= 4 is 17.4 Å². The number of fused-ring (bicyclic) bond motifs is 1. The molecule has 0 saturated carbocycles. The minimum Gasteiger partial charge on any atom is -0.478 e. The van der Waals surface area contributed by atoms with Gasteiger partial charge in [0.05, 0.1) is 18.4 Å². The van der Waals surface area contributed by atoms with E-state index in [2.05, 4.69) is 52.6 Å². The monoisotopic (exact) mass is 273 g/mol. The first kappa shape index (κ1) is 14.8.